The Morgan fingerprint density at radius 1 is 1.29 bits per heavy atom. The molecule has 31 heavy (non-hydrogen) atoms. The first-order chi connectivity index (χ1) is 14.5. The highest BCUT2D eigenvalue weighted by Gasteiger charge is 2.73. The number of hydrogen-bond acceptors (Lipinski definition) is 9. The first-order valence-electron chi connectivity index (χ1n) is 10.3. The molecule has 168 valence electrons. The molecule has 1 amide bonds. The second-order valence-electron chi connectivity index (χ2n) is 9.74. The fraction of sp³-hybridized carbons (Fsp3) is 0.700. The van der Waals surface area contributed by atoms with Crippen molar-refractivity contribution in [2.45, 2.75) is 76.5 Å². The third kappa shape index (κ3) is 3.36. The Labute approximate surface area is 179 Å². The minimum absolute atomic E-state index is 0.00342. The fourth-order valence-electron chi connectivity index (χ4n) is 4.52. The number of anilines is 1. The number of aromatic nitrogens is 4. The molecule has 11 heteroatoms. The van der Waals surface area contributed by atoms with Crippen molar-refractivity contribution in [2.24, 2.45) is 5.92 Å². The summed E-state index contributed by atoms with van der Waals surface area (Å²) in [6.45, 7) is 9.10. The number of amides is 1. The highest BCUT2D eigenvalue weighted by Crippen LogP contribution is 2.62. The van der Waals surface area contributed by atoms with E-state index in [0.29, 0.717) is 17.6 Å². The lowest BCUT2D eigenvalue weighted by molar-refractivity contribution is -0.204. The van der Waals surface area contributed by atoms with Gasteiger partial charge in [0, 0.05) is 12.5 Å². The van der Waals surface area contributed by atoms with Gasteiger partial charge in [-0.15, -0.1) is 0 Å². The minimum Gasteiger partial charge on any atom is -0.444 e. The van der Waals surface area contributed by atoms with Crippen LogP contribution in [0, 0.1) is 5.92 Å². The molecule has 4 heterocycles. The molecule has 3 fully saturated rings. The number of carbonyl (C=O) groups is 1. The molecule has 2 aromatic rings. The third-order valence-electron chi connectivity index (χ3n) is 5.80. The van der Waals surface area contributed by atoms with Gasteiger partial charge in [0.1, 0.15) is 29.7 Å². The number of fused-ring (bicyclic) bond motifs is 3. The molecular weight excluding hydrogens is 406 g/mol. The average Bonchev–Trinajstić information content (AvgIpc) is 2.89. The Morgan fingerprint density at radius 2 is 2.06 bits per heavy atom. The monoisotopic (exact) mass is 433 g/mol. The van der Waals surface area contributed by atoms with Gasteiger partial charge < -0.3 is 24.1 Å². The Morgan fingerprint density at radius 3 is 2.74 bits per heavy atom. The minimum atomic E-state index is -0.762. The van der Waals surface area contributed by atoms with Crippen molar-refractivity contribution in [1.82, 2.24) is 19.5 Å². The zero-order valence-electron chi connectivity index (χ0n) is 18.2. The number of rotatable bonds is 3. The molecule has 1 spiro atoms. The quantitative estimate of drug-likeness (QED) is 0.746. The molecular formula is C20H27N5O6. The Balaban J connectivity index is 1.47. The molecule has 1 unspecified atom stereocenters. The lowest BCUT2D eigenvalue weighted by Gasteiger charge is -2.25. The van der Waals surface area contributed by atoms with Gasteiger partial charge >= 0.3 is 6.09 Å². The van der Waals surface area contributed by atoms with E-state index in [1.807, 2.05) is 13.8 Å². The molecule has 0 aromatic carbocycles. The average molecular weight is 433 g/mol. The van der Waals surface area contributed by atoms with Gasteiger partial charge in [-0.1, -0.05) is 0 Å². The maximum atomic E-state index is 12.2. The number of ether oxygens (including phenoxy) is 4. The number of nitrogens with zero attached hydrogens (tertiary/aromatic N) is 4. The van der Waals surface area contributed by atoms with Gasteiger partial charge in [0.15, 0.2) is 29.0 Å². The van der Waals surface area contributed by atoms with E-state index in [2.05, 4.69) is 20.3 Å². The number of hydrogen-bond donors (Lipinski definition) is 2. The van der Waals surface area contributed by atoms with Crippen molar-refractivity contribution in [2.75, 3.05) is 11.9 Å². The van der Waals surface area contributed by atoms with E-state index in [1.54, 1.807) is 31.7 Å². The number of aliphatic hydroxyl groups excluding tert-OH is 1. The summed E-state index contributed by atoms with van der Waals surface area (Å²) in [5.41, 5.74) is -0.339. The Bertz CT molecular complexity index is 1030. The fourth-order valence-corrected chi connectivity index (χ4v) is 4.52. The highest BCUT2D eigenvalue weighted by atomic mass is 16.8. The van der Waals surface area contributed by atoms with Gasteiger partial charge in [-0.2, -0.15) is 0 Å². The van der Waals surface area contributed by atoms with Crippen LogP contribution in [0.4, 0.5) is 10.6 Å². The molecule has 0 bridgehead atoms. The lowest BCUT2D eigenvalue weighted by atomic mass is 10.1. The van der Waals surface area contributed by atoms with Crippen LogP contribution in [-0.2, 0) is 18.9 Å². The van der Waals surface area contributed by atoms with Crippen LogP contribution in [0.5, 0.6) is 0 Å². The summed E-state index contributed by atoms with van der Waals surface area (Å²) in [4.78, 5) is 25.1. The van der Waals surface area contributed by atoms with E-state index in [9.17, 15) is 9.90 Å². The van der Waals surface area contributed by atoms with E-state index in [4.69, 9.17) is 18.9 Å². The summed E-state index contributed by atoms with van der Waals surface area (Å²) >= 11 is 0. The zero-order valence-corrected chi connectivity index (χ0v) is 18.2. The smallest absolute Gasteiger partial charge is 0.413 e. The van der Waals surface area contributed by atoms with Crippen LogP contribution in [0.1, 0.15) is 47.3 Å². The van der Waals surface area contributed by atoms with Gasteiger partial charge in [-0.05, 0) is 41.0 Å². The molecule has 5 atom stereocenters. The summed E-state index contributed by atoms with van der Waals surface area (Å²) in [5, 5.41) is 12.3. The molecule has 2 saturated heterocycles. The number of carbonyl (C=O) groups excluding carboxylic acids is 1. The molecule has 3 aliphatic rings. The SMILES string of the molecule is CC(C)(C)OC(=O)Nc1ncnc2c1ncn2[C@@H]1O[C@]2(C[C@H]2CO)C2OC(C)(C)O[C@@H]21. The van der Waals surface area contributed by atoms with Gasteiger partial charge in [0.25, 0.3) is 0 Å². The van der Waals surface area contributed by atoms with E-state index < -0.39 is 29.3 Å². The van der Waals surface area contributed by atoms with Crippen molar-refractivity contribution in [1.29, 1.82) is 0 Å². The topological polar surface area (TPSA) is 130 Å². The maximum Gasteiger partial charge on any atom is 0.413 e. The predicted molar refractivity (Wildman–Crippen MR) is 107 cm³/mol. The Kier molecular flexibility index (Phi) is 4.36. The van der Waals surface area contributed by atoms with Crippen LogP contribution in [-0.4, -0.2) is 66.5 Å². The normalized spacial score (nSPS) is 33.6. The Hall–Kier alpha value is -2.34. The van der Waals surface area contributed by atoms with E-state index >= 15 is 0 Å². The summed E-state index contributed by atoms with van der Waals surface area (Å²) in [6, 6.07) is 0. The van der Waals surface area contributed by atoms with Crippen molar-refractivity contribution < 1.29 is 28.8 Å². The summed E-state index contributed by atoms with van der Waals surface area (Å²) in [7, 11) is 0. The first-order valence-corrected chi connectivity index (χ1v) is 10.3. The molecule has 1 saturated carbocycles. The molecule has 2 aliphatic heterocycles. The number of imidazole rings is 1. The predicted octanol–water partition coefficient (Wildman–Crippen LogP) is 1.97. The third-order valence-corrected chi connectivity index (χ3v) is 5.80. The van der Waals surface area contributed by atoms with Crippen molar-refractivity contribution in [3.05, 3.63) is 12.7 Å². The maximum absolute atomic E-state index is 12.2. The largest absolute Gasteiger partial charge is 0.444 e. The van der Waals surface area contributed by atoms with Crippen molar-refractivity contribution in [3.63, 3.8) is 0 Å². The van der Waals surface area contributed by atoms with Crippen LogP contribution in [0.25, 0.3) is 11.2 Å². The summed E-state index contributed by atoms with van der Waals surface area (Å²) in [5.74, 6) is -0.524. The van der Waals surface area contributed by atoms with Gasteiger partial charge in [0.2, 0.25) is 0 Å². The molecule has 11 nitrogen and oxygen atoms in total. The van der Waals surface area contributed by atoms with E-state index in [1.165, 1.54) is 6.33 Å². The molecule has 5 rings (SSSR count). The number of nitrogens with one attached hydrogen (secondary N) is 1. The van der Waals surface area contributed by atoms with Crippen LogP contribution in [0.3, 0.4) is 0 Å². The van der Waals surface area contributed by atoms with Crippen LogP contribution in [0.15, 0.2) is 12.7 Å². The van der Waals surface area contributed by atoms with Crippen LogP contribution in [0.2, 0.25) is 0 Å². The molecule has 1 aliphatic carbocycles. The van der Waals surface area contributed by atoms with Crippen LogP contribution >= 0.6 is 0 Å². The molecule has 2 N–H and O–H groups in total. The zero-order chi connectivity index (χ0) is 22.2. The number of aliphatic hydroxyl groups is 1. The molecule has 2 aromatic heterocycles. The van der Waals surface area contributed by atoms with Gasteiger partial charge in [-0.3, -0.25) is 9.88 Å². The highest BCUT2D eigenvalue weighted by molar-refractivity contribution is 5.93. The first kappa shape index (κ1) is 20.6. The van der Waals surface area contributed by atoms with Crippen LogP contribution < -0.4 is 5.32 Å². The molecule has 0 radical (unpaired) electrons. The second kappa shape index (κ2) is 6.58. The lowest BCUT2D eigenvalue weighted by Crippen LogP contribution is -2.33. The second-order valence-corrected chi connectivity index (χ2v) is 9.74. The van der Waals surface area contributed by atoms with Gasteiger partial charge in [0.05, 0.1) is 6.33 Å². The van der Waals surface area contributed by atoms with E-state index in [0.717, 1.165) is 0 Å². The summed E-state index contributed by atoms with van der Waals surface area (Å²) < 4.78 is 25.8. The standard InChI is InChI=1S/C20H27N5O6/c1-18(2,3)31-17(27)24-14-11-15(22-8-21-14)25(9-23-11)16-12-13(29-19(4,5)28-12)20(30-16)6-10(20)7-26/h8-10,12-13,16,26H,6-7H2,1-5H3,(H,21,22,24,27)/t10-,12-,13?,16+,20-/m0/s1. The van der Waals surface area contributed by atoms with Crippen molar-refractivity contribution >= 4 is 23.1 Å². The van der Waals surface area contributed by atoms with E-state index in [-0.39, 0.29) is 30.6 Å². The van der Waals surface area contributed by atoms with Crippen molar-refractivity contribution in [3.8, 4) is 0 Å². The summed E-state index contributed by atoms with van der Waals surface area (Å²) in [6.07, 6.45) is 1.77. The van der Waals surface area contributed by atoms with Gasteiger partial charge in [-0.25, -0.2) is 19.7 Å².